The van der Waals surface area contributed by atoms with E-state index in [1.54, 1.807) is 11.8 Å². The average Bonchev–Trinajstić information content (AvgIpc) is 2.75. The minimum atomic E-state index is -3.19. The van der Waals surface area contributed by atoms with Crippen LogP contribution in [0.15, 0.2) is 0 Å². The van der Waals surface area contributed by atoms with Gasteiger partial charge in [-0.05, 0) is 27.2 Å². The molecular weight excluding hydrogens is 294 g/mol. The third-order valence-corrected chi connectivity index (χ3v) is 4.48. The molecule has 0 spiro atoms. The normalized spacial score (nSPS) is 19.8. The van der Waals surface area contributed by atoms with Crippen molar-refractivity contribution >= 4 is 16.1 Å². The van der Waals surface area contributed by atoms with Crippen LogP contribution in [0.1, 0.15) is 34.1 Å². The molecule has 1 amide bonds. The number of rotatable bonds is 6. The van der Waals surface area contributed by atoms with Gasteiger partial charge in [0.25, 0.3) is 0 Å². The highest BCUT2D eigenvalue weighted by atomic mass is 32.2. The smallest absolute Gasteiger partial charge is 0.410 e. The van der Waals surface area contributed by atoms with Crippen molar-refractivity contribution in [3.8, 4) is 0 Å². The van der Waals surface area contributed by atoms with Crippen molar-refractivity contribution in [1.29, 1.82) is 0 Å². The van der Waals surface area contributed by atoms with Crippen LogP contribution >= 0.6 is 0 Å². The summed E-state index contributed by atoms with van der Waals surface area (Å²) in [4.78, 5) is 13.5. The molecule has 0 aromatic rings. The van der Waals surface area contributed by atoms with Crippen molar-refractivity contribution in [2.45, 2.75) is 45.8 Å². The first-order valence-corrected chi connectivity index (χ1v) is 8.97. The molecule has 2 N–H and O–H groups in total. The fraction of sp³-hybridized carbons (Fsp3) is 0.923. The molecule has 0 aliphatic carbocycles. The molecule has 1 heterocycles. The van der Waals surface area contributed by atoms with Gasteiger partial charge in [0.1, 0.15) is 5.60 Å². The summed E-state index contributed by atoms with van der Waals surface area (Å²) in [6.45, 7) is 9.22. The highest BCUT2D eigenvalue weighted by molar-refractivity contribution is 7.89. The molecule has 8 heteroatoms. The highest BCUT2D eigenvalue weighted by Crippen LogP contribution is 2.15. The van der Waals surface area contributed by atoms with Crippen molar-refractivity contribution in [3.63, 3.8) is 0 Å². The Balaban J connectivity index is 2.31. The minimum absolute atomic E-state index is 0.0454. The molecule has 0 bridgehead atoms. The van der Waals surface area contributed by atoms with Gasteiger partial charge in [0.2, 0.25) is 10.0 Å². The van der Waals surface area contributed by atoms with Gasteiger partial charge in [-0.25, -0.2) is 17.9 Å². The van der Waals surface area contributed by atoms with E-state index in [4.69, 9.17) is 4.74 Å². The number of likely N-dealkylation sites (tertiary alicyclic amines) is 1. The second kappa shape index (κ2) is 7.42. The van der Waals surface area contributed by atoms with Gasteiger partial charge in [-0.1, -0.05) is 6.92 Å². The minimum Gasteiger partial charge on any atom is -0.444 e. The largest absolute Gasteiger partial charge is 0.444 e. The van der Waals surface area contributed by atoms with Crippen molar-refractivity contribution in [2.75, 3.05) is 31.9 Å². The molecule has 1 aliphatic rings. The van der Waals surface area contributed by atoms with E-state index in [1.165, 1.54) is 0 Å². The van der Waals surface area contributed by atoms with E-state index in [-0.39, 0.29) is 17.9 Å². The summed E-state index contributed by atoms with van der Waals surface area (Å²) in [5.74, 6) is 0.0454. The molecular formula is C13H27N3O4S. The predicted molar refractivity (Wildman–Crippen MR) is 81.7 cm³/mol. The van der Waals surface area contributed by atoms with Crippen LogP contribution in [0.4, 0.5) is 4.79 Å². The Hall–Kier alpha value is -0.860. The van der Waals surface area contributed by atoms with Gasteiger partial charge < -0.3 is 15.0 Å². The van der Waals surface area contributed by atoms with E-state index in [0.29, 0.717) is 26.2 Å². The van der Waals surface area contributed by atoms with Crippen LogP contribution in [0.5, 0.6) is 0 Å². The molecule has 1 atom stereocenters. The molecule has 0 saturated carbocycles. The molecule has 1 fully saturated rings. The molecule has 0 radical (unpaired) electrons. The first kappa shape index (κ1) is 18.2. The lowest BCUT2D eigenvalue weighted by Crippen LogP contribution is -2.40. The summed E-state index contributed by atoms with van der Waals surface area (Å²) in [5, 5.41) is 3.18. The Morgan fingerprint density at radius 3 is 2.62 bits per heavy atom. The second-order valence-electron chi connectivity index (χ2n) is 6.18. The lowest BCUT2D eigenvalue weighted by atomic mass is 10.2. The van der Waals surface area contributed by atoms with E-state index in [9.17, 15) is 13.2 Å². The third kappa shape index (κ3) is 7.10. The number of amides is 1. The van der Waals surface area contributed by atoms with Gasteiger partial charge >= 0.3 is 6.09 Å². The number of hydrogen-bond acceptors (Lipinski definition) is 5. The molecule has 21 heavy (non-hydrogen) atoms. The van der Waals surface area contributed by atoms with Gasteiger partial charge in [0, 0.05) is 32.2 Å². The van der Waals surface area contributed by atoms with Crippen LogP contribution in [0.25, 0.3) is 0 Å². The van der Waals surface area contributed by atoms with Crippen molar-refractivity contribution in [3.05, 3.63) is 0 Å². The molecule has 0 aromatic heterocycles. The first-order chi connectivity index (χ1) is 9.63. The van der Waals surface area contributed by atoms with Gasteiger partial charge in [-0.2, -0.15) is 0 Å². The van der Waals surface area contributed by atoms with Crippen LogP contribution in [-0.4, -0.2) is 63.0 Å². The quantitative estimate of drug-likeness (QED) is 0.745. The van der Waals surface area contributed by atoms with Crippen LogP contribution in [-0.2, 0) is 14.8 Å². The van der Waals surface area contributed by atoms with Crippen molar-refractivity contribution in [2.24, 2.45) is 0 Å². The Labute approximate surface area is 127 Å². The molecule has 124 valence electrons. The summed E-state index contributed by atoms with van der Waals surface area (Å²) in [5.41, 5.74) is -0.498. The number of carbonyl (C=O) groups is 1. The lowest BCUT2D eigenvalue weighted by molar-refractivity contribution is 0.0291. The number of sulfonamides is 1. The van der Waals surface area contributed by atoms with Crippen LogP contribution in [0.2, 0.25) is 0 Å². The van der Waals surface area contributed by atoms with Gasteiger partial charge in [-0.15, -0.1) is 0 Å². The maximum Gasteiger partial charge on any atom is 0.410 e. The van der Waals surface area contributed by atoms with Crippen LogP contribution < -0.4 is 10.0 Å². The molecule has 1 unspecified atom stereocenters. The number of carbonyl (C=O) groups excluding carboxylic acids is 1. The van der Waals surface area contributed by atoms with Crippen molar-refractivity contribution < 1.29 is 17.9 Å². The van der Waals surface area contributed by atoms with Gasteiger partial charge in [0.15, 0.2) is 0 Å². The number of ether oxygens (including phenoxy) is 1. The maximum absolute atomic E-state index is 11.9. The number of hydrogen-bond donors (Lipinski definition) is 2. The summed E-state index contributed by atoms with van der Waals surface area (Å²) >= 11 is 0. The Morgan fingerprint density at radius 1 is 1.38 bits per heavy atom. The third-order valence-electron chi connectivity index (χ3n) is 3.01. The van der Waals surface area contributed by atoms with Crippen molar-refractivity contribution in [1.82, 2.24) is 14.9 Å². The molecule has 0 aromatic carbocycles. The molecule has 1 aliphatic heterocycles. The highest BCUT2D eigenvalue weighted by Gasteiger charge is 2.29. The zero-order chi connectivity index (χ0) is 16.1. The number of nitrogens with zero attached hydrogens (tertiary/aromatic N) is 1. The van der Waals surface area contributed by atoms with Gasteiger partial charge in [-0.3, -0.25) is 0 Å². The Kier molecular flexibility index (Phi) is 6.42. The molecule has 1 rings (SSSR count). The van der Waals surface area contributed by atoms with Crippen LogP contribution in [0.3, 0.4) is 0 Å². The monoisotopic (exact) mass is 321 g/mol. The van der Waals surface area contributed by atoms with Crippen LogP contribution in [0, 0.1) is 0 Å². The summed E-state index contributed by atoms with van der Waals surface area (Å²) < 4.78 is 30.8. The Bertz CT molecular complexity index is 445. The SMILES string of the molecule is CCNS(=O)(=O)CCNC1CCN(C(=O)OC(C)(C)C)C1. The zero-order valence-electron chi connectivity index (χ0n) is 13.3. The standard InChI is InChI=1S/C13H27N3O4S/c1-5-15-21(18,19)9-7-14-11-6-8-16(10-11)12(17)20-13(2,3)4/h11,14-15H,5-10H2,1-4H3. The second-order valence-corrected chi connectivity index (χ2v) is 8.11. The molecule has 7 nitrogen and oxygen atoms in total. The van der Waals surface area contributed by atoms with Gasteiger partial charge in [0.05, 0.1) is 5.75 Å². The van der Waals surface area contributed by atoms with E-state index in [2.05, 4.69) is 10.0 Å². The summed E-state index contributed by atoms with van der Waals surface area (Å²) in [6, 6.07) is 0.120. The molecule has 1 saturated heterocycles. The zero-order valence-corrected chi connectivity index (χ0v) is 14.1. The summed E-state index contributed by atoms with van der Waals surface area (Å²) in [6.07, 6.45) is 0.493. The summed E-state index contributed by atoms with van der Waals surface area (Å²) in [7, 11) is -3.19. The fourth-order valence-corrected chi connectivity index (χ4v) is 3.08. The predicted octanol–water partition coefficient (Wildman–Crippen LogP) is 0.525. The van der Waals surface area contributed by atoms with E-state index < -0.39 is 15.6 Å². The van der Waals surface area contributed by atoms with E-state index >= 15 is 0 Å². The van der Waals surface area contributed by atoms with E-state index in [0.717, 1.165) is 6.42 Å². The number of nitrogens with one attached hydrogen (secondary N) is 2. The Morgan fingerprint density at radius 2 is 2.05 bits per heavy atom. The lowest BCUT2D eigenvalue weighted by Gasteiger charge is -2.24. The van der Waals surface area contributed by atoms with E-state index in [1.807, 2.05) is 20.8 Å². The fourth-order valence-electron chi connectivity index (χ4n) is 2.11. The maximum atomic E-state index is 11.9. The average molecular weight is 321 g/mol. The first-order valence-electron chi connectivity index (χ1n) is 7.31. The topological polar surface area (TPSA) is 87.7 Å².